The van der Waals surface area contributed by atoms with Gasteiger partial charge in [0.15, 0.2) is 0 Å². The predicted octanol–water partition coefficient (Wildman–Crippen LogP) is 1.49. The van der Waals surface area contributed by atoms with Crippen LogP contribution in [0.3, 0.4) is 0 Å². The largest absolute Gasteiger partial charge is 0.394 e. The summed E-state index contributed by atoms with van der Waals surface area (Å²) in [6.07, 6.45) is 4.35. The smallest absolute Gasteiger partial charge is 0.125 e. The number of aliphatic hydroxyl groups excluding tert-OH is 1. The van der Waals surface area contributed by atoms with E-state index in [1.807, 2.05) is 12.3 Å². The molecule has 1 aliphatic heterocycles. The van der Waals surface area contributed by atoms with Crippen molar-refractivity contribution in [2.24, 2.45) is 0 Å². The minimum atomic E-state index is 0.115. The molecule has 20 heavy (non-hydrogen) atoms. The first-order chi connectivity index (χ1) is 9.81. The zero-order chi connectivity index (χ0) is 14.2. The van der Waals surface area contributed by atoms with Crippen molar-refractivity contribution in [3.8, 4) is 0 Å². The van der Waals surface area contributed by atoms with Crippen molar-refractivity contribution in [2.45, 2.75) is 32.4 Å². The molecule has 0 spiro atoms. The molecule has 0 aromatic carbocycles. The summed E-state index contributed by atoms with van der Waals surface area (Å²) in [7, 11) is 0. The second-order valence-electron chi connectivity index (χ2n) is 5.15. The molecule has 0 atom stereocenters. The van der Waals surface area contributed by atoms with Crippen molar-refractivity contribution in [1.29, 1.82) is 0 Å². The van der Waals surface area contributed by atoms with E-state index >= 15 is 0 Å². The minimum Gasteiger partial charge on any atom is -0.394 e. The zero-order valence-electron chi connectivity index (χ0n) is 12.2. The number of aliphatic hydroxyl groups is 1. The maximum absolute atomic E-state index is 8.76. The van der Waals surface area contributed by atoms with Gasteiger partial charge in [-0.05, 0) is 31.4 Å². The second-order valence-corrected chi connectivity index (χ2v) is 5.15. The topological polar surface area (TPSA) is 57.6 Å². The van der Waals surface area contributed by atoms with Gasteiger partial charge in [-0.2, -0.15) is 0 Å². The highest BCUT2D eigenvalue weighted by Gasteiger charge is 2.19. The van der Waals surface area contributed by atoms with E-state index in [1.165, 1.54) is 5.56 Å². The third-order valence-corrected chi connectivity index (χ3v) is 3.57. The summed E-state index contributed by atoms with van der Waals surface area (Å²) in [5.74, 6) is 0.937. The highest BCUT2D eigenvalue weighted by molar-refractivity contribution is 5.35. The van der Waals surface area contributed by atoms with Gasteiger partial charge in [0.05, 0.1) is 19.3 Å². The lowest BCUT2D eigenvalue weighted by Gasteiger charge is -2.31. The third-order valence-electron chi connectivity index (χ3n) is 3.57. The number of piperidine rings is 1. The van der Waals surface area contributed by atoms with Gasteiger partial charge in [-0.25, -0.2) is 4.98 Å². The zero-order valence-corrected chi connectivity index (χ0v) is 12.2. The number of anilines is 1. The molecule has 2 N–H and O–H groups in total. The standard InChI is InChI=1S/C15H25N3O2/c1-2-16-15-4-3-13(11-17-15)12-18-7-5-14(6-8-18)20-10-9-19/h3-4,11,14,19H,2,5-10,12H2,1H3,(H,16,17). The third kappa shape index (κ3) is 4.74. The van der Waals surface area contributed by atoms with Gasteiger partial charge < -0.3 is 15.2 Å². The molecular formula is C15H25N3O2. The van der Waals surface area contributed by atoms with Crippen LogP contribution in [0.25, 0.3) is 0 Å². The number of ether oxygens (including phenoxy) is 1. The van der Waals surface area contributed by atoms with Crippen LogP contribution in [0.2, 0.25) is 0 Å². The molecule has 1 aromatic rings. The van der Waals surface area contributed by atoms with E-state index < -0.39 is 0 Å². The fourth-order valence-corrected chi connectivity index (χ4v) is 2.52. The minimum absolute atomic E-state index is 0.115. The van der Waals surface area contributed by atoms with E-state index in [0.717, 1.165) is 44.8 Å². The maximum Gasteiger partial charge on any atom is 0.125 e. The van der Waals surface area contributed by atoms with Crippen LogP contribution in [-0.2, 0) is 11.3 Å². The summed E-state index contributed by atoms with van der Waals surface area (Å²) in [5, 5.41) is 12.0. The van der Waals surface area contributed by atoms with Gasteiger partial charge in [0, 0.05) is 32.4 Å². The Bertz CT molecular complexity index is 375. The summed E-state index contributed by atoms with van der Waals surface area (Å²) < 4.78 is 5.58. The first kappa shape index (κ1) is 15.2. The molecule has 1 saturated heterocycles. The number of pyridine rings is 1. The monoisotopic (exact) mass is 279 g/mol. The average molecular weight is 279 g/mol. The first-order valence-electron chi connectivity index (χ1n) is 7.45. The van der Waals surface area contributed by atoms with Gasteiger partial charge >= 0.3 is 0 Å². The Kier molecular flexibility index (Phi) is 6.24. The van der Waals surface area contributed by atoms with Crippen LogP contribution in [0.5, 0.6) is 0 Å². The quantitative estimate of drug-likeness (QED) is 0.792. The normalized spacial score (nSPS) is 17.3. The lowest BCUT2D eigenvalue weighted by Crippen LogP contribution is -2.36. The molecule has 1 aromatic heterocycles. The van der Waals surface area contributed by atoms with Crippen LogP contribution >= 0.6 is 0 Å². The van der Waals surface area contributed by atoms with Crippen LogP contribution < -0.4 is 5.32 Å². The number of hydrogen-bond donors (Lipinski definition) is 2. The van der Waals surface area contributed by atoms with Crippen LogP contribution in [-0.4, -0.2) is 53.9 Å². The Morgan fingerprint density at radius 2 is 2.20 bits per heavy atom. The Morgan fingerprint density at radius 1 is 1.40 bits per heavy atom. The van der Waals surface area contributed by atoms with Gasteiger partial charge in [0.2, 0.25) is 0 Å². The Morgan fingerprint density at radius 3 is 2.80 bits per heavy atom. The first-order valence-corrected chi connectivity index (χ1v) is 7.45. The van der Waals surface area contributed by atoms with Gasteiger partial charge in [0.25, 0.3) is 0 Å². The van der Waals surface area contributed by atoms with Crippen LogP contribution in [0.1, 0.15) is 25.3 Å². The fraction of sp³-hybridized carbons (Fsp3) is 0.667. The van der Waals surface area contributed by atoms with E-state index in [0.29, 0.717) is 12.7 Å². The SMILES string of the molecule is CCNc1ccc(CN2CCC(OCCO)CC2)cn1. The highest BCUT2D eigenvalue weighted by Crippen LogP contribution is 2.16. The Labute approximate surface area is 121 Å². The van der Waals surface area contributed by atoms with Crippen LogP contribution in [0, 0.1) is 0 Å². The van der Waals surface area contributed by atoms with Crippen LogP contribution in [0.15, 0.2) is 18.3 Å². The van der Waals surface area contributed by atoms with Crippen molar-refractivity contribution in [1.82, 2.24) is 9.88 Å². The van der Waals surface area contributed by atoms with Crippen molar-refractivity contribution < 1.29 is 9.84 Å². The lowest BCUT2D eigenvalue weighted by molar-refractivity contribution is -0.00902. The highest BCUT2D eigenvalue weighted by atomic mass is 16.5. The molecule has 1 aliphatic rings. The van der Waals surface area contributed by atoms with Gasteiger partial charge in [-0.3, -0.25) is 4.90 Å². The molecule has 5 nitrogen and oxygen atoms in total. The number of nitrogens with zero attached hydrogens (tertiary/aromatic N) is 2. The average Bonchev–Trinajstić information content (AvgIpc) is 2.49. The van der Waals surface area contributed by atoms with E-state index in [-0.39, 0.29) is 6.61 Å². The number of nitrogens with one attached hydrogen (secondary N) is 1. The summed E-state index contributed by atoms with van der Waals surface area (Å²) in [5.41, 5.74) is 1.25. The Balaban J connectivity index is 1.74. The van der Waals surface area contributed by atoms with Gasteiger partial charge in [-0.1, -0.05) is 6.07 Å². The Hall–Kier alpha value is -1.17. The lowest BCUT2D eigenvalue weighted by atomic mass is 10.1. The molecule has 0 unspecified atom stereocenters. The van der Waals surface area contributed by atoms with Crippen molar-refractivity contribution >= 4 is 5.82 Å². The maximum atomic E-state index is 8.76. The summed E-state index contributed by atoms with van der Waals surface area (Å²) in [6, 6.07) is 4.18. The second kappa shape index (κ2) is 8.19. The number of likely N-dealkylation sites (tertiary alicyclic amines) is 1. The van der Waals surface area contributed by atoms with Gasteiger partial charge in [0.1, 0.15) is 5.82 Å². The van der Waals surface area contributed by atoms with E-state index in [9.17, 15) is 0 Å². The molecule has 1 fully saturated rings. The molecule has 2 rings (SSSR count). The molecule has 0 radical (unpaired) electrons. The van der Waals surface area contributed by atoms with Crippen molar-refractivity contribution in [3.05, 3.63) is 23.9 Å². The molecule has 0 bridgehead atoms. The van der Waals surface area contributed by atoms with Crippen LogP contribution in [0.4, 0.5) is 5.82 Å². The number of rotatable bonds is 7. The van der Waals surface area contributed by atoms with E-state index in [1.54, 1.807) is 0 Å². The van der Waals surface area contributed by atoms with Crippen molar-refractivity contribution in [3.63, 3.8) is 0 Å². The molecule has 0 aliphatic carbocycles. The summed E-state index contributed by atoms with van der Waals surface area (Å²) >= 11 is 0. The number of aromatic nitrogens is 1. The molecule has 5 heteroatoms. The molecule has 0 amide bonds. The van der Waals surface area contributed by atoms with Crippen molar-refractivity contribution in [2.75, 3.05) is 38.2 Å². The van der Waals surface area contributed by atoms with E-state index in [2.05, 4.69) is 28.2 Å². The summed E-state index contributed by atoms with van der Waals surface area (Å²) in [6.45, 7) is 6.58. The molecular weight excluding hydrogens is 254 g/mol. The fourth-order valence-electron chi connectivity index (χ4n) is 2.52. The molecule has 0 saturated carbocycles. The molecule has 2 heterocycles. The predicted molar refractivity (Wildman–Crippen MR) is 79.7 cm³/mol. The molecule has 112 valence electrons. The number of hydrogen-bond acceptors (Lipinski definition) is 5. The van der Waals surface area contributed by atoms with E-state index in [4.69, 9.17) is 9.84 Å². The van der Waals surface area contributed by atoms with Gasteiger partial charge in [-0.15, -0.1) is 0 Å². The summed E-state index contributed by atoms with van der Waals surface area (Å²) in [4.78, 5) is 6.83.